The van der Waals surface area contributed by atoms with Crippen molar-refractivity contribution in [3.05, 3.63) is 29.8 Å². The lowest BCUT2D eigenvalue weighted by atomic mass is 10.1. The first-order chi connectivity index (χ1) is 9.02. The lowest BCUT2D eigenvalue weighted by Gasteiger charge is -2.10. The maximum atomic E-state index is 11.7. The van der Waals surface area contributed by atoms with Crippen molar-refractivity contribution in [2.24, 2.45) is 5.92 Å². The van der Waals surface area contributed by atoms with Gasteiger partial charge in [0.1, 0.15) is 0 Å². The van der Waals surface area contributed by atoms with E-state index in [9.17, 15) is 9.59 Å². The van der Waals surface area contributed by atoms with Gasteiger partial charge in [-0.25, -0.2) is 0 Å². The van der Waals surface area contributed by atoms with Crippen LogP contribution in [0.5, 0.6) is 0 Å². The number of para-hydroxylation sites is 1. The van der Waals surface area contributed by atoms with Crippen LogP contribution < -0.4 is 10.6 Å². The van der Waals surface area contributed by atoms with Crippen molar-refractivity contribution < 1.29 is 9.59 Å². The zero-order valence-corrected chi connectivity index (χ0v) is 11.8. The quantitative estimate of drug-likeness (QED) is 0.826. The Hall–Kier alpha value is -1.84. The van der Waals surface area contributed by atoms with Crippen molar-refractivity contribution in [1.29, 1.82) is 0 Å². The number of benzene rings is 1. The summed E-state index contributed by atoms with van der Waals surface area (Å²) < 4.78 is 0. The SMILES string of the molecule is CCc1ccccc1NC(=O)CNC(=O)CC(C)C. The van der Waals surface area contributed by atoms with Gasteiger partial charge in [-0.3, -0.25) is 9.59 Å². The topological polar surface area (TPSA) is 58.2 Å². The van der Waals surface area contributed by atoms with E-state index in [0.717, 1.165) is 17.7 Å². The average molecular weight is 262 g/mol. The molecule has 0 bridgehead atoms. The van der Waals surface area contributed by atoms with Crippen LogP contribution >= 0.6 is 0 Å². The first-order valence-corrected chi connectivity index (χ1v) is 6.67. The van der Waals surface area contributed by atoms with E-state index in [4.69, 9.17) is 0 Å². The molecular weight excluding hydrogens is 240 g/mol. The highest BCUT2D eigenvalue weighted by Gasteiger charge is 2.08. The van der Waals surface area contributed by atoms with Gasteiger partial charge >= 0.3 is 0 Å². The second-order valence-electron chi connectivity index (χ2n) is 4.93. The molecule has 1 aromatic carbocycles. The minimum absolute atomic E-state index is 0.0175. The van der Waals surface area contributed by atoms with E-state index >= 15 is 0 Å². The maximum Gasteiger partial charge on any atom is 0.243 e. The number of amides is 2. The first kappa shape index (κ1) is 15.2. The fourth-order valence-corrected chi connectivity index (χ4v) is 1.77. The van der Waals surface area contributed by atoms with Crippen LogP contribution in [0.3, 0.4) is 0 Å². The molecule has 4 heteroatoms. The lowest BCUT2D eigenvalue weighted by molar-refractivity contribution is -0.124. The molecule has 0 saturated heterocycles. The van der Waals surface area contributed by atoms with Crippen molar-refractivity contribution in [2.45, 2.75) is 33.6 Å². The van der Waals surface area contributed by atoms with Gasteiger partial charge in [-0.15, -0.1) is 0 Å². The highest BCUT2D eigenvalue weighted by Crippen LogP contribution is 2.14. The van der Waals surface area contributed by atoms with Gasteiger partial charge in [-0.1, -0.05) is 39.0 Å². The van der Waals surface area contributed by atoms with Gasteiger partial charge in [0.2, 0.25) is 11.8 Å². The maximum absolute atomic E-state index is 11.7. The third-order valence-corrected chi connectivity index (χ3v) is 2.71. The molecule has 0 atom stereocenters. The fraction of sp³-hybridized carbons (Fsp3) is 0.467. The van der Waals surface area contributed by atoms with Crippen molar-refractivity contribution in [2.75, 3.05) is 11.9 Å². The van der Waals surface area contributed by atoms with Gasteiger partial charge in [-0.2, -0.15) is 0 Å². The summed E-state index contributed by atoms with van der Waals surface area (Å²) in [6, 6.07) is 7.67. The molecule has 0 radical (unpaired) electrons. The van der Waals surface area contributed by atoms with Crippen LogP contribution in [0.2, 0.25) is 0 Å². The highest BCUT2D eigenvalue weighted by atomic mass is 16.2. The molecule has 1 aromatic rings. The predicted octanol–water partition coefficient (Wildman–Crippen LogP) is 2.35. The zero-order chi connectivity index (χ0) is 14.3. The van der Waals surface area contributed by atoms with Crippen LogP contribution in [-0.4, -0.2) is 18.4 Å². The van der Waals surface area contributed by atoms with Gasteiger partial charge in [-0.05, 0) is 24.0 Å². The molecule has 0 aromatic heterocycles. The van der Waals surface area contributed by atoms with E-state index in [1.165, 1.54) is 0 Å². The minimum atomic E-state index is -0.196. The molecular formula is C15H22N2O2. The third-order valence-electron chi connectivity index (χ3n) is 2.71. The number of hydrogen-bond acceptors (Lipinski definition) is 2. The first-order valence-electron chi connectivity index (χ1n) is 6.67. The number of nitrogens with one attached hydrogen (secondary N) is 2. The Balaban J connectivity index is 2.45. The Morgan fingerprint density at radius 3 is 2.47 bits per heavy atom. The average Bonchev–Trinajstić information content (AvgIpc) is 2.36. The van der Waals surface area contributed by atoms with Crippen molar-refractivity contribution in [1.82, 2.24) is 5.32 Å². The summed E-state index contributed by atoms with van der Waals surface area (Å²) in [6.45, 7) is 5.99. The van der Waals surface area contributed by atoms with Crippen LogP contribution in [0.1, 0.15) is 32.8 Å². The second kappa shape index (κ2) is 7.56. The van der Waals surface area contributed by atoms with Crippen LogP contribution in [0.15, 0.2) is 24.3 Å². The number of aryl methyl sites for hydroxylation is 1. The van der Waals surface area contributed by atoms with Gasteiger partial charge in [0.15, 0.2) is 0 Å². The Morgan fingerprint density at radius 1 is 1.16 bits per heavy atom. The molecule has 4 nitrogen and oxygen atoms in total. The van der Waals surface area contributed by atoms with Crippen molar-refractivity contribution in [3.63, 3.8) is 0 Å². The standard InChI is InChI=1S/C15H22N2O2/c1-4-12-7-5-6-8-13(12)17-15(19)10-16-14(18)9-11(2)3/h5-8,11H,4,9-10H2,1-3H3,(H,16,18)(H,17,19). The van der Waals surface area contributed by atoms with Gasteiger partial charge in [0.05, 0.1) is 6.54 Å². The summed E-state index contributed by atoms with van der Waals surface area (Å²) in [4.78, 5) is 23.2. The monoisotopic (exact) mass is 262 g/mol. The summed E-state index contributed by atoms with van der Waals surface area (Å²) in [7, 11) is 0. The Labute approximate surface area is 114 Å². The molecule has 0 heterocycles. The molecule has 1 rings (SSSR count). The number of carbonyl (C=O) groups excluding carboxylic acids is 2. The molecule has 0 fully saturated rings. The number of rotatable bonds is 6. The number of anilines is 1. The molecule has 2 amide bonds. The van der Waals surface area contributed by atoms with E-state index in [1.807, 2.05) is 45.0 Å². The van der Waals surface area contributed by atoms with Crippen molar-refractivity contribution >= 4 is 17.5 Å². The largest absolute Gasteiger partial charge is 0.347 e. The summed E-state index contributed by atoms with van der Waals surface area (Å²) in [5.74, 6) is 0.0100. The normalized spacial score (nSPS) is 10.3. The molecule has 2 N–H and O–H groups in total. The fourth-order valence-electron chi connectivity index (χ4n) is 1.77. The van der Waals surface area contributed by atoms with E-state index in [2.05, 4.69) is 10.6 Å². The minimum Gasteiger partial charge on any atom is -0.347 e. The zero-order valence-electron chi connectivity index (χ0n) is 11.8. The lowest BCUT2D eigenvalue weighted by Crippen LogP contribution is -2.33. The van der Waals surface area contributed by atoms with Gasteiger partial charge in [0, 0.05) is 12.1 Å². The van der Waals surface area contributed by atoms with Crippen LogP contribution in [0.4, 0.5) is 5.69 Å². The molecule has 0 aliphatic heterocycles. The summed E-state index contributed by atoms with van der Waals surface area (Å²) in [5, 5.41) is 5.44. The molecule has 0 saturated carbocycles. The highest BCUT2D eigenvalue weighted by molar-refractivity contribution is 5.95. The summed E-state index contributed by atoms with van der Waals surface area (Å²) in [6.07, 6.45) is 1.30. The van der Waals surface area contributed by atoms with Crippen molar-refractivity contribution in [3.8, 4) is 0 Å². The second-order valence-corrected chi connectivity index (χ2v) is 4.93. The third kappa shape index (κ3) is 5.55. The molecule has 0 unspecified atom stereocenters. The van der Waals surface area contributed by atoms with Crippen LogP contribution in [0.25, 0.3) is 0 Å². The summed E-state index contributed by atoms with van der Waals surface area (Å²) >= 11 is 0. The van der Waals surface area contributed by atoms with Crippen LogP contribution in [0, 0.1) is 5.92 Å². The van der Waals surface area contributed by atoms with Gasteiger partial charge < -0.3 is 10.6 Å². The van der Waals surface area contributed by atoms with Crippen LogP contribution in [-0.2, 0) is 16.0 Å². The van der Waals surface area contributed by atoms with E-state index in [-0.39, 0.29) is 18.4 Å². The molecule has 19 heavy (non-hydrogen) atoms. The van der Waals surface area contributed by atoms with E-state index in [0.29, 0.717) is 12.3 Å². The van der Waals surface area contributed by atoms with Gasteiger partial charge in [0.25, 0.3) is 0 Å². The van der Waals surface area contributed by atoms with E-state index in [1.54, 1.807) is 0 Å². The Bertz CT molecular complexity index is 442. The number of carbonyl (C=O) groups is 2. The molecule has 0 aliphatic carbocycles. The smallest absolute Gasteiger partial charge is 0.243 e. The Morgan fingerprint density at radius 2 is 1.84 bits per heavy atom. The Kier molecular flexibility index (Phi) is 6.06. The number of hydrogen-bond donors (Lipinski definition) is 2. The molecule has 0 aliphatic rings. The molecule has 0 spiro atoms. The van der Waals surface area contributed by atoms with E-state index < -0.39 is 0 Å². The predicted molar refractivity (Wildman–Crippen MR) is 76.9 cm³/mol. The molecule has 104 valence electrons. The summed E-state index contributed by atoms with van der Waals surface area (Å²) in [5.41, 5.74) is 1.90.